The van der Waals surface area contributed by atoms with Crippen LogP contribution in [0.5, 0.6) is 5.75 Å². The second kappa shape index (κ2) is 9.95. The number of rotatable bonds is 6. The Bertz CT molecular complexity index is 1310. The highest BCUT2D eigenvalue weighted by atomic mass is 79.9. The van der Waals surface area contributed by atoms with Gasteiger partial charge in [0.2, 0.25) is 0 Å². The highest BCUT2D eigenvalue weighted by Crippen LogP contribution is 2.39. The number of aryl methyl sites for hydroxylation is 1. The number of hydrogen-bond donors (Lipinski definition) is 2. The van der Waals surface area contributed by atoms with Gasteiger partial charge in [-0.15, -0.1) is 0 Å². The molecule has 0 aliphatic carbocycles. The van der Waals surface area contributed by atoms with Gasteiger partial charge in [0.25, 0.3) is 11.5 Å². The normalized spacial score (nSPS) is 10.6. The van der Waals surface area contributed by atoms with E-state index in [9.17, 15) is 23.2 Å². The summed E-state index contributed by atoms with van der Waals surface area (Å²) in [5.74, 6) is -2.61. The predicted octanol–water partition coefficient (Wildman–Crippen LogP) is 4.12. The molecule has 10 heteroatoms. The number of carbonyl (C=O) groups is 2. The standard InChI is InChI=1S/C23H19BrF2N2O5/c1-11-18(16-8-12(21(29)27-2)5-7-15(16)23(31)32-3)20(19(24)22(30)28-11)33-10-13-4-6-14(25)9-17(13)26/h4-9H,10H2,1-3H3,(H,27,29)(H,28,30). The van der Waals surface area contributed by atoms with Gasteiger partial charge in [-0.2, -0.15) is 0 Å². The zero-order chi connectivity index (χ0) is 24.3. The molecule has 0 bridgehead atoms. The number of aromatic nitrogens is 1. The summed E-state index contributed by atoms with van der Waals surface area (Å²) in [6.45, 7) is 1.26. The SMILES string of the molecule is CNC(=O)c1ccc(C(=O)OC)c(-c2c(C)[nH]c(=O)c(Br)c2OCc2ccc(F)cc2F)c1. The van der Waals surface area contributed by atoms with Crippen molar-refractivity contribution in [2.45, 2.75) is 13.5 Å². The maximum absolute atomic E-state index is 14.1. The second-order valence-electron chi connectivity index (χ2n) is 6.95. The molecule has 0 radical (unpaired) electrons. The third-order valence-corrected chi connectivity index (χ3v) is 5.59. The molecule has 172 valence electrons. The van der Waals surface area contributed by atoms with Crippen LogP contribution >= 0.6 is 15.9 Å². The van der Waals surface area contributed by atoms with E-state index in [2.05, 4.69) is 26.2 Å². The molecule has 1 heterocycles. The van der Waals surface area contributed by atoms with E-state index < -0.39 is 29.1 Å². The number of benzene rings is 2. The number of halogens is 3. The Morgan fingerprint density at radius 2 is 1.88 bits per heavy atom. The molecule has 0 atom stereocenters. The molecule has 2 aromatic carbocycles. The van der Waals surface area contributed by atoms with Crippen molar-refractivity contribution < 1.29 is 27.8 Å². The lowest BCUT2D eigenvalue weighted by molar-refractivity contribution is 0.0601. The quantitative estimate of drug-likeness (QED) is 0.476. The molecule has 3 aromatic rings. The summed E-state index contributed by atoms with van der Waals surface area (Å²) < 4.78 is 38.0. The van der Waals surface area contributed by atoms with Crippen LogP contribution < -0.4 is 15.6 Å². The molecule has 3 rings (SSSR count). The molecule has 0 saturated heterocycles. The molecular weight excluding hydrogens is 502 g/mol. The van der Waals surface area contributed by atoms with Crippen molar-refractivity contribution in [3.05, 3.63) is 85.2 Å². The van der Waals surface area contributed by atoms with E-state index in [4.69, 9.17) is 9.47 Å². The molecule has 1 amide bonds. The van der Waals surface area contributed by atoms with Gasteiger partial charge in [0.15, 0.2) is 0 Å². The first-order chi connectivity index (χ1) is 15.7. The van der Waals surface area contributed by atoms with Gasteiger partial charge in [-0.25, -0.2) is 13.6 Å². The lowest BCUT2D eigenvalue weighted by Crippen LogP contribution is -2.19. The number of methoxy groups -OCH3 is 1. The second-order valence-corrected chi connectivity index (χ2v) is 7.75. The Balaban J connectivity index is 2.22. The fourth-order valence-corrected chi connectivity index (χ4v) is 3.66. The topological polar surface area (TPSA) is 97.5 Å². The third kappa shape index (κ3) is 4.95. The van der Waals surface area contributed by atoms with Crippen molar-refractivity contribution in [1.82, 2.24) is 10.3 Å². The molecule has 0 unspecified atom stereocenters. The van der Waals surface area contributed by atoms with Crippen LogP contribution in [0.15, 0.2) is 45.7 Å². The van der Waals surface area contributed by atoms with E-state index in [1.807, 2.05) is 0 Å². The van der Waals surface area contributed by atoms with E-state index in [-0.39, 0.29) is 44.6 Å². The fraction of sp³-hybridized carbons (Fsp3) is 0.174. The fourth-order valence-electron chi connectivity index (χ4n) is 3.24. The van der Waals surface area contributed by atoms with Crippen LogP contribution in [0.2, 0.25) is 0 Å². The van der Waals surface area contributed by atoms with Crippen LogP contribution in [0.3, 0.4) is 0 Å². The molecule has 0 fully saturated rings. The summed E-state index contributed by atoms with van der Waals surface area (Å²) >= 11 is 3.19. The van der Waals surface area contributed by atoms with Crippen LogP contribution in [-0.4, -0.2) is 31.0 Å². The smallest absolute Gasteiger partial charge is 0.338 e. The van der Waals surface area contributed by atoms with Gasteiger partial charge in [-0.1, -0.05) is 0 Å². The number of esters is 1. The van der Waals surface area contributed by atoms with Gasteiger partial charge >= 0.3 is 5.97 Å². The van der Waals surface area contributed by atoms with Crippen LogP contribution in [0.1, 0.15) is 32.0 Å². The Morgan fingerprint density at radius 3 is 2.52 bits per heavy atom. The predicted molar refractivity (Wildman–Crippen MR) is 120 cm³/mol. The minimum atomic E-state index is -0.814. The van der Waals surface area contributed by atoms with E-state index in [0.29, 0.717) is 5.69 Å². The monoisotopic (exact) mass is 520 g/mol. The zero-order valence-electron chi connectivity index (χ0n) is 17.8. The van der Waals surface area contributed by atoms with E-state index in [0.717, 1.165) is 12.1 Å². The number of hydrogen-bond acceptors (Lipinski definition) is 5. The number of aromatic amines is 1. The molecule has 0 spiro atoms. The summed E-state index contributed by atoms with van der Waals surface area (Å²) in [5.41, 5.74) is 0.772. The van der Waals surface area contributed by atoms with E-state index in [1.165, 1.54) is 38.4 Å². The lowest BCUT2D eigenvalue weighted by Gasteiger charge is -2.18. The molecule has 2 N–H and O–H groups in total. The maximum Gasteiger partial charge on any atom is 0.338 e. The van der Waals surface area contributed by atoms with E-state index in [1.54, 1.807) is 6.92 Å². The number of amides is 1. The van der Waals surface area contributed by atoms with E-state index >= 15 is 0 Å². The Labute approximate surface area is 195 Å². The summed E-state index contributed by atoms with van der Waals surface area (Å²) in [4.78, 5) is 39.7. The lowest BCUT2D eigenvalue weighted by atomic mass is 9.95. The van der Waals surface area contributed by atoms with Crippen molar-refractivity contribution in [2.75, 3.05) is 14.2 Å². The Kier molecular flexibility index (Phi) is 7.27. The van der Waals surface area contributed by atoms with Gasteiger partial charge in [-0.05, 0) is 53.2 Å². The largest absolute Gasteiger partial charge is 0.487 e. The van der Waals surface area contributed by atoms with Crippen LogP contribution in [0, 0.1) is 18.6 Å². The summed E-state index contributed by atoms with van der Waals surface area (Å²) in [6, 6.07) is 7.38. The number of carbonyl (C=O) groups excluding carboxylic acids is 2. The minimum Gasteiger partial charge on any atom is -0.487 e. The van der Waals surface area contributed by atoms with Crippen molar-refractivity contribution in [2.24, 2.45) is 0 Å². The van der Waals surface area contributed by atoms with Crippen LogP contribution in [-0.2, 0) is 11.3 Å². The Morgan fingerprint density at radius 1 is 1.15 bits per heavy atom. The number of pyridine rings is 1. The first-order valence-corrected chi connectivity index (χ1v) is 10.4. The van der Waals surface area contributed by atoms with Gasteiger partial charge in [0, 0.05) is 41.1 Å². The molecule has 0 aliphatic rings. The number of ether oxygens (including phenoxy) is 2. The van der Waals surface area contributed by atoms with Gasteiger partial charge < -0.3 is 19.8 Å². The van der Waals surface area contributed by atoms with Gasteiger partial charge in [0.05, 0.1) is 12.7 Å². The summed E-state index contributed by atoms with van der Waals surface area (Å²) in [6.07, 6.45) is 0. The van der Waals surface area contributed by atoms with Crippen LogP contribution in [0.25, 0.3) is 11.1 Å². The summed E-state index contributed by atoms with van der Waals surface area (Å²) in [5, 5.41) is 2.50. The average Bonchev–Trinajstić information content (AvgIpc) is 2.80. The Hall–Kier alpha value is -3.53. The minimum absolute atomic E-state index is 0.00761. The third-order valence-electron chi connectivity index (χ3n) is 4.87. The van der Waals surface area contributed by atoms with Crippen molar-refractivity contribution in [1.29, 1.82) is 0 Å². The number of H-pyrrole nitrogens is 1. The molecule has 7 nitrogen and oxygen atoms in total. The molecule has 1 aromatic heterocycles. The van der Waals surface area contributed by atoms with Crippen molar-refractivity contribution >= 4 is 27.8 Å². The molecule has 0 aliphatic heterocycles. The van der Waals surface area contributed by atoms with Gasteiger partial charge in [0.1, 0.15) is 28.5 Å². The van der Waals surface area contributed by atoms with Gasteiger partial charge in [-0.3, -0.25) is 9.59 Å². The van der Waals surface area contributed by atoms with Crippen LogP contribution in [0.4, 0.5) is 8.78 Å². The van der Waals surface area contributed by atoms with Crippen molar-refractivity contribution in [3.8, 4) is 16.9 Å². The number of nitrogens with one attached hydrogen (secondary N) is 2. The van der Waals surface area contributed by atoms with Crippen molar-refractivity contribution in [3.63, 3.8) is 0 Å². The molecule has 33 heavy (non-hydrogen) atoms. The highest BCUT2D eigenvalue weighted by molar-refractivity contribution is 9.10. The zero-order valence-corrected chi connectivity index (χ0v) is 19.4. The first-order valence-electron chi connectivity index (χ1n) is 9.61. The molecular formula is C23H19BrF2N2O5. The maximum atomic E-state index is 14.1. The highest BCUT2D eigenvalue weighted by Gasteiger charge is 2.24. The summed E-state index contributed by atoms with van der Waals surface area (Å²) in [7, 11) is 2.67. The average molecular weight is 521 g/mol. The first kappa shape index (κ1) is 24.1. The molecule has 0 saturated carbocycles.